The summed E-state index contributed by atoms with van der Waals surface area (Å²) in [6, 6.07) is 3.25. The van der Waals surface area contributed by atoms with E-state index in [9.17, 15) is 22.4 Å². The third kappa shape index (κ3) is 5.12. The number of ether oxygens (including phenoxy) is 1. The molecule has 0 aliphatic carbocycles. The maximum absolute atomic E-state index is 12.7. The Bertz CT molecular complexity index is 615. The molecule has 0 saturated carbocycles. The molecule has 0 radical (unpaired) electrons. The van der Waals surface area contributed by atoms with Gasteiger partial charge in [0.05, 0.1) is 18.6 Å². The number of esters is 1. The van der Waals surface area contributed by atoms with Crippen LogP contribution in [0.3, 0.4) is 0 Å². The highest BCUT2D eigenvalue weighted by atomic mass is 32.2. The number of amides is 1. The number of hydrogen-bond donors (Lipinski definition) is 2. The maximum atomic E-state index is 12.7. The first kappa shape index (κ1) is 17.1. The van der Waals surface area contributed by atoms with E-state index < -0.39 is 40.3 Å². The van der Waals surface area contributed by atoms with Gasteiger partial charge in [-0.2, -0.15) is 0 Å². The standard InChI is InChI=1S/C12H15FN2O5S/c1-8(12(17)20-2)15-11(16)7-14-21(18,19)10-5-3-9(13)4-6-10/h3-6,8,14H,7H2,1-2H3,(H,15,16)/t8-/m0/s1. The van der Waals surface area contributed by atoms with E-state index in [0.717, 1.165) is 24.3 Å². The summed E-state index contributed by atoms with van der Waals surface area (Å²) >= 11 is 0. The zero-order valence-corrected chi connectivity index (χ0v) is 12.2. The Balaban J connectivity index is 2.59. The summed E-state index contributed by atoms with van der Waals surface area (Å²) in [4.78, 5) is 22.4. The largest absolute Gasteiger partial charge is 0.467 e. The van der Waals surface area contributed by atoms with E-state index in [2.05, 4.69) is 10.1 Å². The van der Waals surface area contributed by atoms with Crippen molar-refractivity contribution in [3.8, 4) is 0 Å². The van der Waals surface area contributed by atoms with Crippen molar-refractivity contribution < 1.29 is 27.1 Å². The Morgan fingerprint density at radius 1 is 1.29 bits per heavy atom. The molecule has 1 amide bonds. The topological polar surface area (TPSA) is 102 Å². The quantitative estimate of drug-likeness (QED) is 0.706. The van der Waals surface area contributed by atoms with Crippen LogP contribution in [-0.4, -0.2) is 40.0 Å². The molecule has 0 bridgehead atoms. The number of methoxy groups -OCH3 is 1. The van der Waals surface area contributed by atoms with Gasteiger partial charge < -0.3 is 10.1 Å². The number of hydrogen-bond acceptors (Lipinski definition) is 5. The molecule has 0 aliphatic heterocycles. The molecule has 1 atom stereocenters. The van der Waals surface area contributed by atoms with Crippen LogP contribution in [0.25, 0.3) is 0 Å². The average molecular weight is 318 g/mol. The number of carbonyl (C=O) groups excluding carboxylic acids is 2. The predicted octanol–water partition coefficient (Wildman–Crippen LogP) is -0.218. The van der Waals surface area contributed by atoms with Gasteiger partial charge in [-0.25, -0.2) is 22.3 Å². The van der Waals surface area contributed by atoms with Gasteiger partial charge in [0.1, 0.15) is 11.9 Å². The van der Waals surface area contributed by atoms with Gasteiger partial charge in [0.25, 0.3) is 0 Å². The highest BCUT2D eigenvalue weighted by molar-refractivity contribution is 7.89. The molecule has 0 saturated heterocycles. The van der Waals surface area contributed by atoms with Gasteiger partial charge in [-0.15, -0.1) is 0 Å². The van der Waals surface area contributed by atoms with Crippen molar-refractivity contribution in [3.05, 3.63) is 30.1 Å². The van der Waals surface area contributed by atoms with E-state index >= 15 is 0 Å². The molecule has 0 aliphatic rings. The molecule has 1 rings (SSSR count). The minimum atomic E-state index is -3.93. The van der Waals surface area contributed by atoms with E-state index in [1.165, 1.54) is 14.0 Å². The Labute approximate surface area is 121 Å². The SMILES string of the molecule is COC(=O)[C@H](C)NC(=O)CNS(=O)(=O)c1ccc(F)cc1. The second-order valence-corrected chi connectivity index (χ2v) is 5.86. The normalized spacial score (nSPS) is 12.5. The molecule has 1 aromatic carbocycles. The number of sulfonamides is 1. The van der Waals surface area contributed by atoms with Gasteiger partial charge in [0, 0.05) is 0 Å². The van der Waals surface area contributed by atoms with Gasteiger partial charge >= 0.3 is 5.97 Å². The molecule has 0 spiro atoms. The molecule has 0 heterocycles. The van der Waals surface area contributed by atoms with Crippen LogP contribution in [0.15, 0.2) is 29.2 Å². The minimum Gasteiger partial charge on any atom is -0.467 e. The first-order valence-electron chi connectivity index (χ1n) is 5.88. The first-order valence-corrected chi connectivity index (χ1v) is 7.37. The number of carbonyl (C=O) groups is 2. The van der Waals surface area contributed by atoms with Crippen molar-refractivity contribution in [2.24, 2.45) is 0 Å². The number of nitrogens with one attached hydrogen (secondary N) is 2. The molecular formula is C12H15FN2O5S. The van der Waals surface area contributed by atoms with Crippen molar-refractivity contribution in [1.29, 1.82) is 0 Å². The van der Waals surface area contributed by atoms with Crippen molar-refractivity contribution in [3.63, 3.8) is 0 Å². The second kappa shape index (κ2) is 7.14. The second-order valence-electron chi connectivity index (χ2n) is 4.09. The summed E-state index contributed by atoms with van der Waals surface area (Å²) in [7, 11) is -2.76. The third-order valence-corrected chi connectivity index (χ3v) is 3.90. The van der Waals surface area contributed by atoms with Crippen LogP contribution in [0.2, 0.25) is 0 Å². The van der Waals surface area contributed by atoms with Crippen LogP contribution >= 0.6 is 0 Å². The third-order valence-electron chi connectivity index (χ3n) is 2.48. The summed E-state index contributed by atoms with van der Waals surface area (Å²) in [6.45, 7) is 0.846. The molecule has 7 nitrogen and oxygen atoms in total. The highest BCUT2D eigenvalue weighted by Crippen LogP contribution is 2.08. The number of rotatable bonds is 6. The van der Waals surface area contributed by atoms with E-state index in [0.29, 0.717) is 0 Å². The lowest BCUT2D eigenvalue weighted by Gasteiger charge is -2.12. The summed E-state index contributed by atoms with van der Waals surface area (Å²) in [6.07, 6.45) is 0. The Morgan fingerprint density at radius 3 is 2.38 bits per heavy atom. The lowest BCUT2D eigenvalue weighted by Crippen LogP contribution is -2.44. The molecule has 9 heteroatoms. The van der Waals surface area contributed by atoms with Crippen LogP contribution in [0, 0.1) is 5.82 Å². The number of benzene rings is 1. The van der Waals surface area contributed by atoms with E-state index in [1.807, 2.05) is 4.72 Å². The Morgan fingerprint density at radius 2 is 1.86 bits per heavy atom. The van der Waals surface area contributed by atoms with Crippen LogP contribution in [0.5, 0.6) is 0 Å². The fraction of sp³-hybridized carbons (Fsp3) is 0.333. The lowest BCUT2D eigenvalue weighted by atomic mass is 10.3. The maximum Gasteiger partial charge on any atom is 0.328 e. The molecule has 2 N–H and O–H groups in total. The van der Waals surface area contributed by atoms with Gasteiger partial charge in [-0.05, 0) is 31.2 Å². The fourth-order valence-electron chi connectivity index (χ4n) is 1.39. The van der Waals surface area contributed by atoms with E-state index in [1.54, 1.807) is 0 Å². The first-order chi connectivity index (χ1) is 9.76. The van der Waals surface area contributed by atoms with E-state index in [-0.39, 0.29) is 4.90 Å². The molecule has 0 unspecified atom stereocenters. The van der Waals surface area contributed by atoms with E-state index in [4.69, 9.17) is 0 Å². The zero-order chi connectivity index (χ0) is 16.0. The summed E-state index contributed by atoms with van der Waals surface area (Å²) < 4.78 is 42.8. The number of halogens is 1. The van der Waals surface area contributed by atoms with Crippen LogP contribution < -0.4 is 10.0 Å². The van der Waals surface area contributed by atoms with Crippen molar-refractivity contribution in [2.45, 2.75) is 17.9 Å². The van der Waals surface area contributed by atoms with Crippen LogP contribution in [0.1, 0.15) is 6.92 Å². The average Bonchev–Trinajstić information content (AvgIpc) is 2.44. The predicted molar refractivity (Wildman–Crippen MR) is 71.2 cm³/mol. The summed E-state index contributed by atoms with van der Waals surface area (Å²) in [5, 5.41) is 2.26. The van der Waals surface area contributed by atoms with Crippen molar-refractivity contribution in [2.75, 3.05) is 13.7 Å². The molecule has 0 aromatic heterocycles. The summed E-state index contributed by atoms with van der Waals surface area (Å²) in [5.74, 6) is -1.91. The molecular weight excluding hydrogens is 303 g/mol. The highest BCUT2D eigenvalue weighted by Gasteiger charge is 2.19. The van der Waals surface area contributed by atoms with Gasteiger partial charge in [0.15, 0.2) is 0 Å². The molecule has 0 fully saturated rings. The smallest absolute Gasteiger partial charge is 0.328 e. The zero-order valence-electron chi connectivity index (χ0n) is 11.4. The molecule has 116 valence electrons. The monoisotopic (exact) mass is 318 g/mol. The van der Waals surface area contributed by atoms with Crippen LogP contribution in [0.4, 0.5) is 4.39 Å². The summed E-state index contributed by atoms with van der Waals surface area (Å²) in [5.41, 5.74) is 0. The minimum absolute atomic E-state index is 0.169. The Hall–Kier alpha value is -2.00. The fourth-order valence-corrected chi connectivity index (χ4v) is 2.37. The van der Waals surface area contributed by atoms with Crippen molar-refractivity contribution >= 4 is 21.9 Å². The van der Waals surface area contributed by atoms with Gasteiger partial charge in [0.2, 0.25) is 15.9 Å². The van der Waals surface area contributed by atoms with Gasteiger partial charge in [-0.3, -0.25) is 4.79 Å². The Kier molecular flexibility index (Phi) is 5.79. The van der Waals surface area contributed by atoms with Crippen LogP contribution in [-0.2, 0) is 24.3 Å². The molecule has 21 heavy (non-hydrogen) atoms. The van der Waals surface area contributed by atoms with Gasteiger partial charge in [-0.1, -0.05) is 0 Å². The van der Waals surface area contributed by atoms with Crippen molar-refractivity contribution in [1.82, 2.24) is 10.0 Å². The lowest BCUT2D eigenvalue weighted by molar-refractivity contribution is -0.144. The molecule has 1 aromatic rings.